The van der Waals surface area contributed by atoms with Crippen molar-refractivity contribution in [3.05, 3.63) is 4.88 Å². The maximum Gasteiger partial charge on any atom is 0.265 e. The van der Waals surface area contributed by atoms with Crippen LogP contribution in [-0.4, -0.2) is 36.6 Å². The Labute approximate surface area is 128 Å². The van der Waals surface area contributed by atoms with Crippen molar-refractivity contribution in [2.24, 2.45) is 11.1 Å². The van der Waals surface area contributed by atoms with E-state index in [2.05, 4.69) is 22.1 Å². The van der Waals surface area contributed by atoms with Gasteiger partial charge in [0.05, 0.1) is 0 Å². The van der Waals surface area contributed by atoms with Gasteiger partial charge in [0.2, 0.25) is 0 Å². The highest BCUT2D eigenvalue weighted by Gasteiger charge is 2.40. The normalized spacial score (nSPS) is 23.3. The van der Waals surface area contributed by atoms with Crippen molar-refractivity contribution in [2.75, 3.05) is 30.3 Å². The van der Waals surface area contributed by atoms with Gasteiger partial charge in [0.15, 0.2) is 5.13 Å². The number of hydrogen-bond acceptors (Lipinski definition) is 6. The summed E-state index contributed by atoms with van der Waals surface area (Å²) in [5.41, 5.74) is 12.2. The van der Waals surface area contributed by atoms with E-state index < -0.39 is 0 Å². The van der Waals surface area contributed by atoms with Gasteiger partial charge < -0.3 is 21.7 Å². The van der Waals surface area contributed by atoms with E-state index in [9.17, 15) is 4.79 Å². The number of nitrogen functional groups attached to an aromatic ring is 1. The number of nitrogens with one attached hydrogen (secondary N) is 1. The number of aromatic nitrogens is 1. The van der Waals surface area contributed by atoms with E-state index in [1.807, 2.05) is 0 Å². The summed E-state index contributed by atoms with van der Waals surface area (Å²) in [5.74, 6) is 0.230. The first-order valence-electron chi connectivity index (χ1n) is 7.58. The van der Waals surface area contributed by atoms with Crippen LogP contribution in [0.15, 0.2) is 0 Å². The smallest absolute Gasteiger partial charge is 0.265 e. The van der Waals surface area contributed by atoms with Crippen LogP contribution >= 0.6 is 11.3 Å². The van der Waals surface area contributed by atoms with E-state index in [4.69, 9.17) is 11.5 Å². The van der Waals surface area contributed by atoms with Crippen LogP contribution in [0, 0.1) is 5.41 Å². The summed E-state index contributed by atoms with van der Waals surface area (Å²) < 4.78 is 0. The number of carbonyl (C=O) groups is 1. The highest BCUT2D eigenvalue weighted by molar-refractivity contribution is 7.18. The predicted molar refractivity (Wildman–Crippen MR) is 85.6 cm³/mol. The van der Waals surface area contributed by atoms with Gasteiger partial charge in [-0.05, 0) is 31.1 Å². The molecule has 6 nitrogen and oxygen atoms in total. The second-order valence-corrected chi connectivity index (χ2v) is 7.22. The molecule has 0 bridgehead atoms. The van der Waals surface area contributed by atoms with Gasteiger partial charge in [-0.25, -0.2) is 4.98 Å². The molecular formula is C14H23N5OS. The number of rotatable bonds is 5. The lowest BCUT2D eigenvalue weighted by molar-refractivity contribution is 0.0949. The summed E-state index contributed by atoms with van der Waals surface area (Å²) >= 11 is 1.37. The fraction of sp³-hybridized carbons (Fsp3) is 0.714. The molecule has 1 saturated carbocycles. The average molecular weight is 309 g/mol. The van der Waals surface area contributed by atoms with Crippen LogP contribution in [0.25, 0.3) is 0 Å². The fourth-order valence-corrected chi connectivity index (χ4v) is 3.70. The summed E-state index contributed by atoms with van der Waals surface area (Å²) in [6.45, 7) is 4.58. The highest BCUT2D eigenvalue weighted by atomic mass is 32.1. The third kappa shape index (κ3) is 2.98. The maximum atomic E-state index is 12.3. The van der Waals surface area contributed by atoms with Crippen molar-refractivity contribution in [3.63, 3.8) is 0 Å². The highest BCUT2D eigenvalue weighted by Crippen LogP contribution is 2.47. The van der Waals surface area contributed by atoms with Gasteiger partial charge in [-0.2, -0.15) is 0 Å². The zero-order valence-electron chi connectivity index (χ0n) is 12.4. The molecule has 1 unspecified atom stereocenters. The number of hydrogen-bond donors (Lipinski definition) is 3. The van der Waals surface area contributed by atoms with Gasteiger partial charge in [0, 0.05) is 25.7 Å². The van der Waals surface area contributed by atoms with E-state index in [0.29, 0.717) is 16.1 Å². The fourth-order valence-electron chi connectivity index (χ4n) is 2.76. The Morgan fingerprint density at radius 2 is 2.33 bits per heavy atom. The minimum atomic E-state index is -0.0977. The molecule has 1 aliphatic heterocycles. The monoisotopic (exact) mass is 309 g/mol. The Morgan fingerprint density at radius 3 is 2.90 bits per heavy atom. The molecule has 1 aromatic rings. The van der Waals surface area contributed by atoms with Crippen molar-refractivity contribution in [3.8, 4) is 0 Å². The van der Waals surface area contributed by atoms with E-state index in [1.165, 1.54) is 24.2 Å². The van der Waals surface area contributed by atoms with E-state index in [-0.39, 0.29) is 11.9 Å². The molecule has 2 aliphatic rings. The van der Waals surface area contributed by atoms with Crippen LogP contribution in [0.1, 0.15) is 42.3 Å². The molecule has 0 spiro atoms. The number of carbonyl (C=O) groups excluding carboxylic acids is 1. The number of amides is 1. The van der Waals surface area contributed by atoms with Crippen LogP contribution in [0.3, 0.4) is 0 Å². The van der Waals surface area contributed by atoms with Crippen molar-refractivity contribution in [1.82, 2.24) is 10.3 Å². The molecular weight excluding hydrogens is 286 g/mol. The molecule has 1 aliphatic carbocycles. The Morgan fingerprint density at radius 1 is 1.57 bits per heavy atom. The molecule has 1 amide bonds. The topological polar surface area (TPSA) is 97.3 Å². The molecule has 21 heavy (non-hydrogen) atoms. The number of anilines is 2. The zero-order chi connectivity index (χ0) is 15.0. The molecule has 7 heteroatoms. The molecule has 0 aromatic carbocycles. The Hall–Kier alpha value is -1.34. The van der Waals surface area contributed by atoms with Crippen LogP contribution in [0.2, 0.25) is 0 Å². The van der Waals surface area contributed by atoms with Gasteiger partial charge in [-0.1, -0.05) is 18.3 Å². The van der Waals surface area contributed by atoms with Crippen LogP contribution in [-0.2, 0) is 0 Å². The lowest BCUT2D eigenvalue weighted by Gasteiger charge is -2.13. The summed E-state index contributed by atoms with van der Waals surface area (Å²) in [4.78, 5) is 19.3. The van der Waals surface area contributed by atoms with Crippen molar-refractivity contribution >= 4 is 28.2 Å². The summed E-state index contributed by atoms with van der Waals surface area (Å²) in [6.07, 6.45) is 4.49. The van der Waals surface area contributed by atoms with Gasteiger partial charge in [0.25, 0.3) is 5.91 Å². The molecule has 0 radical (unpaired) electrons. The molecule has 1 saturated heterocycles. The predicted octanol–water partition coefficient (Wildman–Crippen LogP) is 1.18. The van der Waals surface area contributed by atoms with Crippen LogP contribution in [0.4, 0.5) is 10.9 Å². The number of nitrogens with zero attached hydrogens (tertiary/aromatic N) is 2. The van der Waals surface area contributed by atoms with E-state index in [0.717, 1.165) is 37.6 Å². The first kappa shape index (κ1) is 14.6. The minimum Gasteiger partial charge on any atom is -0.382 e. The maximum absolute atomic E-state index is 12.3. The van der Waals surface area contributed by atoms with E-state index >= 15 is 0 Å². The zero-order valence-corrected chi connectivity index (χ0v) is 13.2. The third-order valence-corrected chi connectivity index (χ3v) is 5.81. The second-order valence-electron chi connectivity index (χ2n) is 6.24. The van der Waals surface area contributed by atoms with Crippen LogP contribution < -0.4 is 21.7 Å². The Balaban J connectivity index is 1.65. The molecule has 5 N–H and O–H groups in total. The van der Waals surface area contributed by atoms with Gasteiger partial charge in [-0.15, -0.1) is 0 Å². The van der Waals surface area contributed by atoms with Crippen molar-refractivity contribution in [1.29, 1.82) is 0 Å². The van der Waals surface area contributed by atoms with Gasteiger partial charge in [-0.3, -0.25) is 4.79 Å². The number of nitrogens with two attached hydrogens (primary N) is 2. The van der Waals surface area contributed by atoms with Crippen molar-refractivity contribution < 1.29 is 4.79 Å². The average Bonchev–Trinajstić information content (AvgIpc) is 2.96. The SMILES string of the molecule is CCC1(CNC(=O)c2sc(N3CCC(N)C3)nc2N)CC1. The largest absolute Gasteiger partial charge is 0.382 e. The second kappa shape index (κ2) is 5.46. The summed E-state index contributed by atoms with van der Waals surface area (Å²) in [5, 5.41) is 3.82. The molecule has 3 rings (SSSR count). The van der Waals surface area contributed by atoms with Crippen molar-refractivity contribution in [2.45, 2.75) is 38.6 Å². The molecule has 1 aromatic heterocycles. The first-order chi connectivity index (χ1) is 10.0. The lowest BCUT2D eigenvalue weighted by atomic mass is 10.0. The Kier molecular flexibility index (Phi) is 3.79. The van der Waals surface area contributed by atoms with E-state index in [1.54, 1.807) is 0 Å². The summed E-state index contributed by atoms with van der Waals surface area (Å²) in [7, 11) is 0. The quantitative estimate of drug-likeness (QED) is 0.759. The molecule has 2 heterocycles. The molecule has 2 fully saturated rings. The standard InChI is InChI=1S/C14H23N5OS/c1-2-14(4-5-14)8-17-12(20)10-11(16)18-13(21-10)19-6-3-9(15)7-19/h9H,2-8,15-16H2,1H3,(H,17,20). The van der Waals surface area contributed by atoms with Gasteiger partial charge in [0.1, 0.15) is 10.7 Å². The summed E-state index contributed by atoms with van der Waals surface area (Å²) in [6, 6.07) is 0.187. The molecule has 1 atom stereocenters. The van der Waals surface area contributed by atoms with Gasteiger partial charge >= 0.3 is 0 Å². The Bertz CT molecular complexity index is 539. The third-order valence-electron chi connectivity index (χ3n) is 4.67. The minimum absolute atomic E-state index is 0.0977. The van der Waals surface area contributed by atoms with Crippen LogP contribution in [0.5, 0.6) is 0 Å². The molecule has 116 valence electrons. The first-order valence-corrected chi connectivity index (χ1v) is 8.40. The lowest BCUT2D eigenvalue weighted by Crippen LogP contribution is -2.29. The number of thiazole rings is 1.